The van der Waals surface area contributed by atoms with Gasteiger partial charge in [-0.2, -0.15) is 0 Å². The van der Waals surface area contributed by atoms with Gasteiger partial charge < -0.3 is 14.2 Å². The van der Waals surface area contributed by atoms with Crippen LogP contribution in [0, 0.1) is 0 Å². The van der Waals surface area contributed by atoms with Gasteiger partial charge in [-0.25, -0.2) is 4.79 Å². The molecule has 0 aliphatic heterocycles. The Bertz CT molecular complexity index is 984. The highest BCUT2D eigenvalue weighted by Gasteiger charge is 2.15. The fourth-order valence-electron chi connectivity index (χ4n) is 2.58. The van der Waals surface area contributed by atoms with Crippen molar-refractivity contribution in [3.63, 3.8) is 0 Å². The predicted molar refractivity (Wildman–Crippen MR) is 110 cm³/mol. The van der Waals surface area contributed by atoms with E-state index in [0.717, 1.165) is 5.56 Å². The number of carbonyl (C=O) groups excluding carboxylic acids is 2. The maximum Gasteiger partial charge on any atom is 0.338 e. The number of halogens is 1. The molecule has 5 nitrogen and oxygen atoms in total. The lowest BCUT2D eigenvalue weighted by Gasteiger charge is -2.12. The Morgan fingerprint density at radius 2 is 1.55 bits per heavy atom. The first-order chi connectivity index (χ1) is 14.1. The molecule has 0 aliphatic carbocycles. The molecule has 0 amide bonds. The van der Waals surface area contributed by atoms with Crippen LogP contribution in [0.25, 0.3) is 0 Å². The van der Waals surface area contributed by atoms with E-state index in [2.05, 4.69) is 0 Å². The Labute approximate surface area is 173 Å². The molecule has 0 unspecified atom stereocenters. The molecule has 0 N–H and O–H groups in total. The van der Waals surface area contributed by atoms with Crippen molar-refractivity contribution in [1.29, 1.82) is 0 Å². The van der Waals surface area contributed by atoms with E-state index in [4.69, 9.17) is 25.8 Å². The average Bonchev–Trinajstić information content (AvgIpc) is 2.76. The molecule has 3 rings (SSSR count). The summed E-state index contributed by atoms with van der Waals surface area (Å²) >= 11 is 5.80. The van der Waals surface area contributed by atoms with Gasteiger partial charge in [0, 0.05) is 10.6 Å². The highest BCUT2D eigenvalue weighted by molar-refractivity contribution is 6.30. The van der Waals surface area contributed by atoms with E-state index < -0.39 is 5.97 Å². The third-order valence-electron chi connectivity index (χ3n) is 4.14. The van der Waals surface area contributed by atoms with Gasteiger partial charge in [0.1, 0.15) is 6.61 Å². The van der Waals surface area contributed by atoms with Gasteiger partial charge in [0.05, 0.1) is 12.7 Å². The molecule has 0 fully saturated rings. The SMILES string of the molecule is COc1cc(C(=O)OCC(=O)c2ccc(Cl)cc2)ccc1OCc1ccccc1. The topological polar surface area (TPSA) is 61.8 Å². The third-order valence-corrected chi connectivity index (χ3v) is 4.39. The molecular weight excluding hydrogens is 392 g/mol. The quantitative estimate of drug-likeness (QED) is 0.387. The minimum absolute atomic E-state index is 0.262. The van der Waals surface area contributed by atoms with Crippen molar-refractivity contribution < 1.29 is 23.8 Å². The van der Waals surface area contributed by atoms with Gasteiger partial charge in [0.25, 0.3) is 0 Å². The summed E-state index contributed by atoms with van der Waals surface area (Å²) in [5.41, 5.74) is 1.70. The van der Waals surface area contributed by atoms with Gasteiger partial charge >= 0.3 is 5.97 Å². The van der Waals surface area contributed by atoms with Crippen molar-refractivity contribution in [3.8, 4) is 11.5 Å². The second-order valence-electron chi connectivity index (χ2n) is 6.15. The second-order valence-corrected chi connectivity index (χ2v) is 6.58. The maximum absolute atomic E-state index is 12.3. The third kappa shape index (κ3) is 5.59. The van der Waals surface area contributed by atoms with E-state index in [1.807, 2.05) is 30.3 Å². The van der Waals surface area contributed by atoms with Crippen LogP contribution in [0.4, 0.5) is 0 Å². The smallest absolute Gasteiger partial charge is 0.338 e. The summed E-state index contributed by atoms with van der Waals surface area (Å²) in [6.45, 7) is 0.00558. The molecule has 6 heteroatoms. The highest BCUT2D eigenvalue weighted by atomic mass is 35.5. The number of benzene rings is 3. The molecule has 3 aromatic carbocycles. The monoisotopic (exact) mass is 410 g/mol. The molecule has 148 valence electrons. The molecule has 0 aromatic heterocycles. The van der Waals surface area contributed by atoms with E-state index in [0.29, 0.717) is 28.7 Å². The van der Waals surface area contributed by atoms with Crippen molar-refractivity contribution >= 4 is 23.4 Å². The van der Waals surface area contributed by atoms with Crippen LogP contribution < -0.4 is 9.47 Å². The standard InChI is InChI=1S/C23H19ClO5/c1-27-22-13-18(9-12-21(22)28-14-16-5-3-2-4-6-16)23(26)29-15-20(25)17-7-10-19(24)11-8-17/h2-13H,14-15H2,1H3. The Balaban J connectivity index is 1.61. The van der Waals surface area contributed by atoms with Gasteiger partial charge in [-0.1, -0.05) is 41.9 Å². The number of rotatable bonds is 8. The van der Waals surface area contributed by atoms with Crippen LogP contribution in [0.2, 0.25) is 5.02 Å². The highest BCUT2D eigenvalue weighted by Crippen LogP contribution is 2.29. The molecule has 0 heterocycles. The van der Waals surface area contributed by atoms with Crippen LogP contribution >= 0.6 is 11.6 Å². The molecule has 0 saturated carbocycles. The molecule has 0 radical (unpaired) electrons. The van der Waals surface area contributed by atoms with Gasteiger partial charge in [0.2, 0.25) is 0 Å². The number of ether oxygens (including phenoxy) is 3. The zero-order valence-corrected chi connectivity index (χ0v) is 16.5. The number of carbonyl (C=O) groups is 2. The summed E-state index contributed by atoms with van der Waals surface area (Å²) < 4.78 is 16.2. The van der Waals surface area contributed by atoms with Gasteiger partial charge in [-0.05, 0) is 48.0 Å². The number of Topliss-reactive ketones (excluding diaryl/α,β-unsaturated/α-hetero) is 1. The summed E-state index contributed by atoms with van der Waals surface area (Å²) in [4.78, 5) is 24.4. The van der Waals surface area contributed by atoms with Gasteiger partial charge in [-0.15, -0.1) is 0 Å². The Kier molecular flexibility index (Phi) is 6.87. The molecule has 0 aliphatic rings. The fourth-order valence-corrected chi connectivity index (χ4v) is 2.71. The van der Waals surface area contributed by atoms with E-state index in [-0.39, 0.29) is 18.0 Å². The van der Waals surface area contributed by atoms with Crippen molar-refractivity contribution in [1.82, 2.24) is 0 Å². The number of methoxy groups -OCH3 is 1. The number of hydrogen-bond donors (Lipinski definition) is 0. The molecule has 0 bridgehead atoms. The molecule has 0 atom stereocenters. The Morgan fingerprint density at radius 3 is 2.24 bits per heavy atom. The van der Waals surface area contributed by atoms with Gasteiger partial charge in [0.15, 0.2) is 23.9 Å². The molecule has 29 heavy (non-hydrogen) atoms. The predicted octanol–water partition coefficient (Wildman–Crippen LogP) is 4.97. The van der Waals surface area contributed by atoms with E-state index >= 15 is 0 Å². The molecule has 0 spiro atoms. The zero-order chi connectivity index (χ0) is 20.6. The van der Waals surface area contributed by atoms with Crippen molar-refractivity contribution in [2.45, 2.75) is 6.61 Å². The summed E-state index contributed by atoms with van der Waals surface area (Å²) in [5, 5.41) is 0.528. The minimum atomic E-state index is -0.625. The lowest BCUT2D eigenvalue weighted by atomic mass is 10.1. The summed E-state index contributed by atoms with van der Waals surface area (Å²) in [6, 6.07) is 20.8. The lowest BCUT2D eigenvalue weighted by Crippen LogP contribution is -2.14. The zero-order valence-electron chi connectivity index (χ0n) is 15.8. The van der Waals surface area contributed by atoms with Gasteiger partial charge in [-0.3, -0.25) is 4.79 Å². The molecule has 3 aromatic rings. The molecule has 0 saturated heterocycles. The Morgan fingerprint density at radius 1 is 0.862 bits per heavy atom. The maximum atomic E-state index is 12.3. The fraction of sp³-hybridized carbons (Fsp3) is 0.130. The van der Waals surface area contributed by atoms with E-state index in [9.17, 15) is 9.59 Å². The number of ketones is 1. The average molecular weight is 411 g/mol. The van der Waals surface area contributed by atoms with E-state index in [1.165, 1.54) is 13.2 Å². The van der Waals surface area contributed by atoms with Crippen molar-refractivity contribution in [2.24, 2.45) is 0 Å². The lowest BCUT2D eigenvalue weighted by molar-refractivity contribution is 0.0474. The van der Waals surface area contributed by atoms with Crippen molar-refractivity contribution in [3.05, 3.63) is 94.5 Å². The van der Waals surface area contributed by atoms with Crippen LogP contribution in [0.1, 0.15) is 26.3 Å². The first-order valence-corrected chi connectivity index (χ1v) is 9.25. The largest absolute Gasteiger partial charge is 0.493 e. The number of hydrogen-bond acceptors (Lipinski definition) is 5. The van der Waals surface area contributed by atoms with Crippen LogP contribution in [0.3, 0.4) is 0 Å². The second kappa shape index (κ2) is 9.75. The summed E-state index contributed by atoms with van der Waals surface area (Å²) in [5.74, 6) is -0.0328. The Hall–Kier alpha value is -3.31. The van der Waals surface area contributed by atoms with Crippen molar-refractivity contribution in [2.75, 3.05) is 13.7 Å². The van der Waals surface area contributed by atoms with Crippen LogP contribution in [0.15, 0.2) is 72.8 Å². The van der Waals surface area contributed by atoms with E-state index in [1.54, 1.807) is 36.4 Å². The summed E-state index contributed by atoms with van der Waals surface area (Å²) in [6.07, 6.45) is 0. The first kappa shape index (κ1) is 20.4. The first-order valence-electron chi connectivity index (χ1n) is 8.87. The minimum Gasteiger partial charge on any atom is -0.493 e. The van der Waals surface area contributed by atoms with Crippen LogP contribution in [0.5, 0.6) is 11.5 Å². The van der Waals surface area contributed by atoms with Crippen LogP contribution in [-0.2, 0) is 11.3 Å². The normalized spacial score (nSPS) is 10.3. The molecular formula is C23H19ClO5. The number of esters is 1. The summed E-state index contributed by atoms with van der Waals surface area (Å²) in [7, 11) is 1.49. The van der Waals surface area contributed by atoms with Crippen LogP contribution in [-0.4, -0.2) is 25.5 Å².